The molecule has 0 aliphatic heterocycles. The summed E-state index contributed by atoms with van der Waals surface area (Å²) in [5, 5.41) is 33.4. The Balaban J connectivity index is 3.20. The highest BCUT2D eigenvalue weighted by atomic mass is 16.6. The molecule has 1 aromatic carbocycles. The second-order valence-corrected chi connectivity index (χ2v) is 4.10. The molecule has 0 heterocycles. The third kappa shape index (κ3) is 3.38. The number of carbonyl (C=O) groups is 1. The number of nitrogens with zero attached hydrogens (tertiary/aromatic N) is 3. The molecule has 0 unspecified atom stereocenters. The van der Waals surface area contributed by atoms with Crippen LogP contribution in [0.4, 0.5) is 21.9 Å². The van der Waals surface area contributed by atoms with Crippen molar-refractivity contribution in [1.82, 2.24) is 5.32 Å². The molecule has 0 atom stereocenters. The zero-order valence-corrected chi connectivity index (χ0v) is 10.6. The van der Waals surface area contributed by atoms with E-state index in [1.165, 1.54) is 0 Å². The molecule has 0 saturated carbocycles. The number of carbonyl (C=O) groups excluding carboxylic acids is 1. The first-order valence-electron chi connectivity index (χ1n) is 5.46. The summed E-state index contributed by atoms with van der Waals surface area (Å²) in [6.07, 6.45) is 0. The van der Waals surface area contributed by atoms with Gasteiger partial charge in [0, 0.05) is 12.1 Å². The van der Waals surface area contributed by atoms with Gasteiger partial charge in [-0.05, 0) is 19.9 Å². The molecule has 0 fully saturated rings. The van der Waals surface area contributed by atoms with Gasteiger partial charge in [-0.15, -0.1) is 0 Å². The molecule has 108 valence electrons. The van der Waals surface area contributed by atoms with Gasteiger partial charge in [-0.2, -0.15) is 5.06 Å². The van der Waals surface area contributed by atoms with Crippen LogP contribution in [0.2, 0.25) is 0 Å². The van der Waals surface area contributed by atoms with E-state index >= 15 is 0 Å². The lowest BCUT2D eigenvalue weighted by atomic mass is 10.2. The second-order valence-electron chi connectivity index (χ2n) is 4.10. The first-order chi connectivity index (χ1) is 9.23. The molecule has 20 heavy (non-hydrogen) atoms. The minimum Gasteiger partial charge on any atom is -0.334 e. The Bertz CT molecular complexity index is 559. The summed E-state index contributed by atoms with van der Waals surface area (Å²) >= 11 is 0. The first-order valence-corrected chi connectivity index (χ1v) is 5.46. The number of non-ortho nitro benzene ring substituents is 1. The van der Waals surface area contributed by atoms with Crippen molar-refractivity contribution in [2.45, 2.75) is 19.9 Å². The van der Waals surface area contributed by atoms with Crippen LogP contribution in [0.15, 0.2) is 18.2 Å². The molecule has 0 aromatic heterocycles. The molecule has 0 radical (unpaired) electrons. The largest absolute Gasteiger partial charge is 0.346 e. The maximum atomic E-state index is 11.6. The summed E-state index contributed by atoms with van der Waals surface area (Å²) in [5.74, 6) is 0. The van der Waals surface area contributed by atoms with Crippen LogP contribution in [0.25, 0.3) is 0 Å². The Labute approximate surface area is 112 Å². The lowest BCUT2D eigenvalue weighted by Gasteiger charge is -2.17. The topological polar surface area (TPSA) is 139 Å². The Morgan fingerprint density at radius 2 is 1.90 bits per heavy atom. The lowest BCUT2D eigenvalue weighted by molar-refractivity contribution is -0.393. The van der Waals surface area contributed by atoms with E-state index in [1.807, 2.05) is 0 Å². The SMILES string of the molecule is CC(C)NC(=O)N(O)c1ccc([N+](=O)[O-])cc1[N+](=O)[O-]. The molecule has 0 saturated heterocycles. The van der Waals surface area contributed by atoms with Crippen LogP contribution in [-0.4, -0.2) is 27.1 Å². The molecule has 10 heteroatoms. The molecule has 0 aliphatic carbocycles. The van der Waals surface area contributed by atoms with Gasteiger partial charge in [0.15, 0.2) is 5.69 Å². The van der Waals surface area contributed by atoms with E-state index < -0.39 is 32.9 Å². The van der Waals surface area contributed by atoms with E-state index in [-0.39, 0.29) is 11.1 Å². The van der Waals surface area contributed by atoms with Crippen LogP contribution in [0.3, 0.4) is 0 Å². The fraction of sp³-hybridized carbons (Fsp3) is 0.300. The highest BCUT2D eigenvalue weighted by Crippen LogP contribution is 2.31. The maximum absolute atomic E-state index is 11.6. The molecule has 0 bridgehead atoms. The Morgan fingerprint density at radius 3 is 2.35 bits per heavy atom. The van der Waals surface area contributed by atoms with Crippen molar-refractivity contribution in [3.63, 3.8) is 0 Å². The quantitative estimate of drug-likeness (QED) is 0.491. The average molecular weight is 284 g/mol. The molecule has 10 nitrogen and oxygen atoms in total. The van der Waals surface area contributed by atoms with Crippen molar-refractivity contribution >= 4 is 23.1 Å². The fourth-order valence-electron chi connectivity index (χ4n) is 1.37. The number of nitro groups is 2. The molecule has 0 spiro atoms. The van der Waals surface area contributed by atoms with Gasteiger partial charge in [-0.3, -0.25) is 25.4 Å². The van der Waals surface area contributed by atoms with Crippen LogP contribution in [0, 0.1) is 20.2 Å². The monoisotopic (exact) mass is 284 g/mol. The summed E-state index contributed by atoms with van der Waals surface area (Å²) in [4.78, 5) is 31.2. The summed E-state index contributed by atoms with van der Waals surface area (Å²) in [6, 6.07) is 1.28. The van der Waals surface area contributed by atoms with Crippen molar-refractivity contribution in [2.75, 3.05) is 5.06 Å². The van der Waals surface area contributed by atoms with Gasteiger partial charge in [0.25, 0.3) is 5.69 Å². The van der Waals surface area contributed by atoms with Crippen LogP contribution in [0.1, 0.15) is 13.8 Å². The number of nitro benzene ring substituents is 2. The van der Waals surface area contributed by atoms with Gasteiger partial charge in [0.1, 0.15) is 0 Å². The number of urea groups is 1. The third-order valence-corrected chi connectivity index (χ3v) is 2.20. The fourth-order valence-corrected chi connectivity index (χ4v) is 1.37. The van der Waals surface area contributed by atoms with E-state index in [1.54, 1.807) is 13.8 Å². The standard InChI is InChI=1S/C10H12N4O6/c1-6(2)11-10(15)12(16)8-4-3-7(13(17)18)5-9(8)14(19)20/h3-6,16H,1-2H3,(H,11,15). The first kappa shape index (κ1) is 15.3. The number of hydrogen-bond acceptors (Lipinski definition) is 6. The highest BCUT2D eigenvalue weighted by molar-refractivity contribution is 5.92. The third-order valence-electron chi connectivity index (χ3n) is 2.20. The summed E-state index contributed by atoms with van der Waals surface area (Å²) < 4.78 is 0. The van der Waals surface area contributed by atoms with E-state index in [2.05, 4.69) is 5.32 Å². The molecular weight excluding hydrogens is 272 g/mol. The van der Waals surface area contributed by atoms with Crippen LogP contribution in [-0.2, 0) is 0 Å². The number of benzene rings is 1. The van der Waals surface area contributed by atoms with Crippen molar-refractivity contribution < 1.29 is 19.8 Å². The van der Waals surface area contributed by atoms with E-state index in [0.29, 0.717) is 6.07 Å². The molecule has 0 aliphatic rings. The number of nitrogens with one attached hydrogen (secondary N) is 1. The zero-order chi connectivity index (χ0) is 15.4. The Kier molecular flexibility index (Phi) is 4.54. The summed E-state index contributed by atoms with van der Waals surface area (Å²) in [6.45, 7) is 3.27. The average Bonchev–Trinajstić information content (AvgIpc) is 2.36. The minimum absolute atomic E-state index is 0.0435. The zero-order valence-electron chi connectivity index (χ0n) is 10.6. The van der Waals surface area contributed by atoms with Crippen LogP contribution >= 0.6 is 0 Å². The van der Waals surface area contributed by atoms with Crippen molar-refractivity contribution in [3.8, 4) is 0 Å². The molecule has 1 aromatic rings. The van der Waals surface area contributed by atoms with Gasteiger partial charge in [0.05, 0.1) is 15.9 Å². The van der Waals surface area contributed by atoms with Gasteiger partial charge in [0.2, 0.25) is 0 Å². The second kappa shape index (κ2) is 5.93. The van der Waals surface area contributed by atoms with E-state index in [4.69, 9.17) is 0 Å². The van der Waals surface area contributed by atoms with Gasteiger partial charge in [-0.25, -0.2) is 4.79 Å². The van der Waals surface area contributed by atoms with Crippen molar-refractivity contribution in [3.05, 3.63) is 38.4 Å². The van der Waals surface area contributed by atoms with Crippen molar-refractivity contribution in [2.24, 2.45) is 0 Å². The van der Waals surface area contributed by atoms with Gasteiger partial charge >= 0.3 is 11.7 Å². The molecule has 2 N–H and O–H groups in total. The smallest absolute Gasteiger partial charge is 0.334 e. The van der Waals surface area contributed by atoms with Gasteiger partial charge in [-0.1, -0.05) is 0 Å². The predicted octanol–water partition coefficient (Wildman–Crippen LogP) is 1.82. The van der Waals surface area contributed by atoms with Crippen LogP contribution in [0.5, 0.6) is 0 Å². The van der Waals surface area contributed by atoms with Crippen LogP contribution < -0.4 is 10.4 Å². The number of hydroxylamine groups is 1. The Morgan fingerprint density at radius 1 is 1.30 bits per heavy atom. The lowest BCUT2D eigenvalue weighted by Crippen LogP contribution is -2.41. The van der Waals surface area contributed by atoms with Crippen molar-refractivity contribution in [1.29, 1.82) is 0 Å². The van der Waals surface area contributed by atoms with E-state index in [0.717, 1.165) is 12.1 Å². The molecular formula is C10H12N4O6. The number of rotatable bonds is 4. The van der Waals surface area contributed by atoms with E-state index in [9.17, 15) is 30.2 Å². The highest BCUT2D eigenvalue weighted by Gasteiger charge is 2.26. The summed E-state index contributed by atoms with van der Waals surface area (Å²) in [7, 11) is 0. The Hall–Kier alpha value is -2.75. The minimum atomic E-state index is -0.975. The number of hydrogen-bond donors (Lipinski definition) is 2. The molecule has 1 rings (SSSR count). The maximum Gasteiger partial charge on any atom is 0.346 e. The normalized spacial score (nSPS) is 10.2. The van der Waals surface area contributed by atoms with Gasteiger partial charge < -0.3 is 5.32 Å². The number of anilines is 1. The predicted molar refractivity (Wildman–Crippen MR) is 67.7 cm³/mol. The molecule has 2 amide bonds. The summed E-state index contributed by atoms with van der Waals surface area (Å²) in [5.41, 5.74) is -1.72. The number of amides is 2.